The van der Waals surface area contributed by atoms with Crippen LogP contribution in [-0.4, -0.2) is 21.9 Å². The van der Waals surface area contributed by atoms with Crippen molar-refractivity contribution in [3.05, 3.63) is 86.6 Å². The number of nitrogens with zero attached hydrogens (tertiary/aromatic N) is 2. The Morgan fingerprint density at radius 2 is 1.87 bits per heavy atom. The molecule has 3 rings (SSSR count). The van der Waals surface area contributed by atoms with Crippen LogP contribution in [0.5, 0.6) is 0 Å². The van der Waals surface area contributed by atoms with Gasteiger partial charge < -0.3 is 14.8 Å². The second-order valence-corrected chi connectivity index (χ2v) is 6.54. The van der Waals surface area contributed by atoms with Gasteiger partial charge in [0.1, 0.15) is 23.2 Å². The lowest BCUT2D eigenvalue weighted by Gasteiger charge is -2.04. The number of carbonyl (C=O) groups excluding carboxylic acids is 1. The van der Waals surface area contributed by atoms with E-state index >= 15 is 0 Å². The monoisotopic (exact) mass is 437 g/mol. The van der Waals surface area contributed by atoms with Gasteiger partial charge >= 0.3 is 5.97 Å². The lowest BCUT2D eigenvalue weighted by Crippen LogP contribution is -2.13. The molecule has 1 amide bonds. The molecule has 0 aliphatic carbocycles. The third-order valence-corrected chi connectivity index (χ3v) is 4.41. The number of aromatic carboxylic acids is 1. The molecule has 10 heteroatoms. The quantitative estimate of drug-likeness (QED) is 0.244. The van der Waals surface area contributed by atoms with Crippen LogP contribution in [0, 0.1) is 21.4 Å². The summed E-state index contributed by atoms with van der Waals surface area (Å²) in [6, 6.07) is 14.2. The van der Waals surface area contributed by atoms with Crippen LogP contribution in [0.2, 0.25) is 5.02 Å². The Bertz CT molecular complexity index is 1250. The summed E-state index contributed by atoms with van der Waals surface area (Å²) in [5.41, 5.74) is 0.364. The number of amides is 1. The van der Waals surface area contributed by atoms with Gasteiger partial charge in [-0.25, -0.2) is 4.79 Å². The van der Waals surface area contributed by atoms with Crippen LogP contribution in [0.1, 0.15) is 16.1 Å². The normalized spacial score (nSPS) is 10.9. The number of carboxylic acids is 1. The van der Waals surface area contributed by atoms with Crippen LogP contribution in [0.3, 0.4) is 0 Å². The van der Waals surface area contributed by atoms with E-state index in [1.54, 1.807) is 12.1 Å². The van der Waals surface area contributed by atoms with E-state index in [4.69, 9.17) is 21.1 Å². The van der Waals surface area contributed by atoms with Gasteiger partial charge in [0.05, 0.1) is 15.5 Å². The minimum atomic E-state index is -1.10. The van der Waals surface area contributed by atoms with Gasteiger partial charge in [-0.1, -0.05) is 11.6 Å². The molecule has 0 saturated heterocycles. The number of nitro groups is 1. The number of anilines is 1. The summed E-state index contributed by atoms with van der Waals surface area (Å²) >= 11 is 6.09. The Kier molecular flexibility index (Phi) is 6.14. The highest BCUT2D eigenvalue weighted by Crippen LogP contribution is 2.32. The van der Waals surface area contributed by atoms with Crippen molar-refractivity contribution in [3.8, 4) is 17.4 Å². The van der Waals surface area contributed by atoms with Crippen LogP contribution in [-0.2, 0) is 4.79 Å². The van der Waals surface area contributed by atoms with Gasteiger partial charge in [0.25, 0.3) is 11.6 Å². The molecule has 2 N–H and O–H groups in total. The third-order valence-electron chi connectivity index (χ3n) is 4.10. The van der Waals surface area contributed by atoms with Crippen LogP contribution < -0.4 is 5.32 Å². The van der Waals surface area contributed by atoms with Gasteiger partial charge in [-0.3, -0.25) is 14.9 Å². The molecule has 0 fully saturated rings. The number of benzene rings is 2. The molecule has 2 aromatic carbocycles. The van der Waals surface area contributed by atoms with E-state index in [1.807, 2.05) is 0 Å². The highest BCUT2D eigenvalue weighted by atomic mass is 35.5. The van der Waals surface area contributed by atoms with Crippen LogP contribution >= 0.6 is 11.6 Å². The molecule has 0 aliphatic rings. The topological polar surface area (TPSA) is 146 Å². The molecule has 154 valence electrons. The number of rotatable bonds is 6. The van der Waals surface area contributed by atoms with E-state index in [1.165, 1.54) is 54.6 Å². The molecular weight excluding hydrogens is 426 g/mol. The maximum atomic E-state index is 12.4. The Labute approximate surface area is 179 Å². The molecular formula is C21H12ClN3O6. The number of non-ortho nitro benzene ring substituents is 1. The molecule has 0 bridgehead atoms. The zero-order valence-corrected chi connectivity index (χ0v) is 16.3. The number of furan rings is 1. The summed E-state index contributed by atoms with van der Waals surface area (Å²) in [5, 5.41) is 31.6. The van der Waals surface area contributed by atoms with E-state index in [-0.39, 0.29) is 27.6 Å². The largest absolute Gasteiger partial charge is 0.478 e. The maximum absolute atomic E-state index is 12.4. The van der Waals surface area contributed by atoms with Crippen LogP contribution in [0.15, 0.2) is 64.6 Å². The summed E-state index contributed by atoms with van der Waals surface area (Å²) < 4.78 is 5.60. The Morgan fingerprint density at radius 3 is 2.45 bits per heavy atom. The van der Waals surface area contributed by atoms with Crippen LogP contribution in [0.4, 0.5) is 11.4 Å². The molecule has 1 aromatic heterocycles. The number of carbonyl (C=O) groups is 2. The van der Waals surface area contributed by atoms with Gasteiger partial charge in [-0.2, -0.15) is 5.26 Å². The summed E-state index contributed by atoms with van der Waals surface area (Å²) in [6.07, 6.45) is 1.23. The minimum absolute atomic E-state index is 0.0575. The number of nitro benzene ring substituents is 1. The lowest BCUT2D eigenvalue weighted by atomic mass is 10.1. The Hall–Kier alpha value is -4.42. The van der Waals surface area contributed by atoms with Gasteiger partial charge in [0, 0.05) is 29.5 Å². The summed E-state index contributed by atoms with van der Waals surface area (Å²) in [5.74, 6) is -1.32. The number of nitriles is 1. The van der Waals surface area contributed by atoms with Gasteiger partial charge in [-0.05, 0) is 42.5 Å². The average molecular weight is 438 g/mol. The fourth-order valence-electron chi connectivity index (χ4n) is 2.58. The first-order valence-electron chi connectivity index (χ1n) is 8.59. The zero-order chi connectivity index (χ0) is 22.5. The smallest absolute Gasteiger partial charge is 0.335 e. The highest BCUT2D eigenvalue weighted by molar-refractivity contribution is 6.33. The molecule has 0 aliphatic heterocycles. The Balaban J connectivity index is 1.79. The fraction of sp³-hybridized carbons (Fsp3) is 0. The van der Waals surface area contributed by atoms with Crippen molar-refractivity contribution < 1.29 is 24.0 Å². The predicted molar refractivity (Wildman–Crippen MR) is 111 cm³/mol. The van der Waals surface area contributed by atoms with Crippen molar-refractivity contribution in [1.82, 2.24) is 0 Å². The fourth-order valence-corrected chi connectivity index (χ4v) is 2.85. The van der Waals surface area contributed by atoms with Crippen molar-refractivity contribution in [2.45, 2.75) is 0 Å². The van der Waals surface area contributed by atoms with Gasteiger partial charge in [0.15, 0.2) is 0 Å². The van der Waals surface area contributed by atoms with Crippen molar-refractivity contribution in [1.29, 1.82) is 5.26 Å². The van der Waals surface area contributed by atoms with E-state index in [2.05, 4.69) is 5.32 Å². The molecule has 0 atom stereocenters. The van der Waals surface area contributed by atoms with Crippen molar-refractivity contribution in [2.24, 2.45) is 0 Å². The Morgan fingerprint density at radius 1 is 1.16 bits per heavy atom. The number of carboxylic acid groups (broad SMARTS) is 1. The highest BCUT2D eigenvalue weighted by Gasteiger charge is 2.15. The maximum Gasteiger partial charge on any atom is 0.335 e. The van der Waals surface area contributed by atoms with E-state index in [0.29, 0.717) is 17.0 Å². The molecule has 0 radical (unpaired) electrons. The summed E-state index contributed by atoms with van der Waals surface area (Å²) in [7, 11) is 0. The number of hydrogen-bond acceptors (Lipinski definition) is 6. The number of hydrogen-bond donors (Lipinski definition) is 2. The minimum Gasteiger partial charge on any atom is -0.478 e. The average Bonchev–Trinajstić information content (AvgIpc) is 3.20. The first kappa shape index (κ1) is 21.3. The van der Waals surface area contributed by atoms with Gasteiger partial charge in [-0.15, -0.1) is 0 Å². The molecule has 0 unspecified atom stereocenters. The first-order valence-corrected chi connectivity index (χ1v) is 8.97. The number of halogens is 1. The molecule has 0 spiro atoms. The standard InChI is InChI=1S/C21H12ClN3O6/c22-18-10-15(25(29)30)5-7-17(18)19-8-6-16(31-19)9-13(11-23)20(26)24-14-3-1-12(2-4-14)21(27)28/h1-10H,(H,24,26)(H,27,28)/b13-9+. The summed E-state index contributed by atoms with van der Waals surface area (Å²) in [6.45, 7) is 0. The number of nitrogens with one attached hydrogen (secondary N) is 1. The molecule has 0 saturated carbocycles. The van der Waals surface area contributed by atoms with E-state index < -0.39 is 16.8 Å². The van der Waals surface area contributed by atoms with Crippen molar-refractivity contribution in [2.75, 3.05) is 5.32 Å². The SMILES string of the molecule is N#C/C(=C\c1ccc(-c2ccc([N+](=O)[O-])cc2Cl)o1)C(=O)Nc1ccc(C(=O)O)cc1. The second-order valence-electron chi connectivity index (χ2n) is 6.13. The van der Waals surface area contributed by atoms with Crippen molar-refractivity contribution in [3.63, 3.8) is 0 Å². The van der Waals surface area contributed by atoms with Gasteiger partial charge in [0.2, 0.25) is 0 Å². The third kappa shape index (κ3) is 4.95. The first-order chi connectivity index (χ1) is 14.8. The zero-order valence-electron chi connectivity index (χ0n) is 15.5. The van der Waals surface area contributed by atoms with E-state index in [9.17, 15) is 25.0 Å². The predicted octanol–water partition coefficient (Wildman–Crippen LogP) is 4.75. The molecule has 9 nitrogen and oxygen atoms in total. The van der Waals surface area contributed by atoms with E-state index in [0.717, 1.165) is 0 Å². The van der Waals surface area contributed by atoms with Crippen molar-refractivity contribution >= 4 is 40.9 Å². The summed E-state index contributed by atoms with van der Waals surface area (Å²) in [4.78, 5) is 33.5. The molecule has 3 aromatic rings. The molecule has 1 heterocycles. The van der Waals surface area contributed by atoms with Crippen LogP contribution in [0.25, 0.3) is 17.4 Å². The lowest BCUT2D eigenvalue weighted by molar-refractivity contribution is -0.384. The second kappa shape index (κ2) is 8.94. The molecule has 31 heavy (non-hydrogen) atoms.